The Balaban J connectivity index is 1.43. The van der Waals surface area contributed by atoms with Crippen LogP contribution in [0.5, 0.6) is 0 Å². The standard InChI is InChI=1S/C23H31N3O2/c24-15-18-5-1-4-8-21(18)22(28)26-14-11-23(19(16-26)17-27)9-12-25(13-10-23)20-6-2-3-7-20/h1,4-5,8,19-20,27H,2-3,6-7,9-14,16-17H2. The Bertz CT molecular complexity index is 742. The predicted octanol–water partition coefficient (Wildman–Crippen LogP) is 3.04. The smallest absolute Gasteiger partial charge is 0.255 e. The molecule has 0 bridgehead atoms. The van der Waals surface area contributed by atoms with Crippen LogP contribution in [0.4, 0.5) is 0 Å². The van der Waals surface area contributed by atoms with Crippen molar-refractivity contribution in [3.8, 4) is 6.07 Å². The topological polar surface area (TPSA) is 67.6 Å². The maximum atomic E-state index is 13.0. The van der Waals surface area contributed by atoms with Gasteiger partial charge in [0, 0.05) is 31.7 Å². The summed E-state index contributed by atoms with van der Waals surface area (Å²) in [7, 11) is 0. The van der Waals surface area contributed by atoms with E-state index in [0.29, 0.717) is 17.7 Å². The van der Waals surface area contributed by atoms with Crippen LogP contribution in [-0.2, 0) is 0 Å². The van der Waals surface area contributed by atoms with Crippen LogP contribution < -0.4 is 0 Å². The zero-order valence-electron chi connectivity index (χ0n) is 16.6. The number of piperidine rings is 2. The van der Waals surface area contributed by atoms with Gasteiger partial charge in [-0.25, -0.2) is 0 Å². The maximum Gasteiger partial charge on any atom is 0.255 e. The highest BCUT2D eigenvalue weighted by atomic mass is 16.3. The first kappa shape index (κ1) is 19.4. The van der Waals surface area contributed by atoms with E-state index in [2.05, 4.69) is 11.0 Å². The fourth-order valence-electron chi connectivity index (χ4n) is 5.75. The van der Waals surface area contributed by atoms with Crippen molar-refractivity contribution < 1.29 is 9.90 Å². The summed E-state index contributed by atoms with van der Waals surface area (Å²) in [5.41, 5.74) is 1.07. The average molecular weight is 382 g/mol. The number of carbonyl (C=O) groups is 1. The lowest BCUT2D eigenvalue weighted by Crippen LogP contribution is -2.55. The molecule has 2 heterocycles. The SMILES string of the molecule is N#Cc1ccccc1C(=O)N1CCC2(CCN(C3CCCC3)CC2)C(CO)C1. The number of carbonyl (C=O) groups excluding carboxylic acids is 1. The number of aliphatic hydroxyl groups excluding tert-OH is 1. The molecule has 1 N–H and O–H groups in total. The largest absolute Gasteiger partial charge is 0.396 e. The number of aliphatic hydroxyl groups is 1. The van der Waals surface area contributed by atoms with Gasteiger partial charge < -0.3 is 14.9 Å². The van der Waals surface area contributed by atoms with Crippen molar-refractivity contribution in [3.05, 3.63) is 35.4 Å². The summed E-state index contributed by atoms with van der Waals surface area (Å²) in [5.74, 6) is 0.0546. The van der Waals surface area contributed by atoms with Gasteiger partial charge in [-0.3, -0.25) is 4.79 Å². The van der Waals surface area contributed by atoms with E-state index in [1.54, 1.807) is 18.2 Å². The zero-order chi connectivity index (χ0) is 19.6. The van der Waals surface area contributed by atoms with E-state index >= 15 is 0 Å². The lowest BCUT2D eigenvalue weighted by Gasteiger charge is -2.52. The third-order valence-electron chi connectivity index (χ3n) is 7.61. The fourth-order valence-corrected chi connectivity index (χ4v) is 5.75. The van der Waals surface area contributed by atoms with Crippen LogP contribution in [-0.4, -0.2) is 59.6 Å². The van der Waals surface area contributed by atoms with Crippen LogP contribution in [0.25, 0.3) is 0 Å². The van der Waals surface area contributed by atoms with E-state index in [1.807, 2.05) is 11.0 Å². The van der Waals surface area contributed by atoms with Gasteiger partial charge in [-0.1, -0.05) is 25.0 Å². The molecule has 1 aromatic carbocycles. The summed E-state index contributed by atoms with van der Waals surface area (Å²) in [6, 6.07) is 9.92. The molecule has 1 aromatic rings. The Morgan fingerprint density at radius 1 is 1.14 bits per heavy atom. The molecule has 1 unspecified atom stereocenters. The molecule has 4 rings (SSSR count). The molecule has 1 amide bonds. The van der Waals surface area contributed by atoms with Crippen LogP contribution in [0.3, 0.4) is 0 Å². The number of hydrogen-bond acceptors (Lipinski definition) is 4. The molecule has 1 aliphatic carbocycles. The van der Waals surface area contributed by atoms with Gasteiger partial charge in [0.1, 0.15) is 0 Å². The number of rotatable bonds is 3. The van der Waals surface area contributed by atoms with E-state index in [9.17, 15) is 15.2 Å². The highest BCUT2D eigenvalue weighted by Crippen LogP contribution is 2.46. The quantitative estimate of drug-likeness (QED) is 0.874. The van der Waals surface area contributed by atoms with Crippen LogP contribution >= 0.6 is 0 Å². The molecule has 2 saturated heterocycles. The highest BCUT2D eigenvalue weighted by molar-refractivity contribution is 5.96. The van der Waals surface area contributed by atoms with E-state index in [1.165, 1.54) is 25.7 Å². The molecular formula is C23H31N3O2. The third-order valence-corrected chi connectivity index (χ3v) is 7.61. The molecule has 3 fully saturated rings. The Kier molecular flexibility index (Phi) is 5.70. The predicted molar refractivity (Wildman–Crippen MR) is 108 cm³/mol. The van der Waals surface area contributed by atoms with Gasteiger partial charge in [0.25, 0.3) is 5.91 Å². The van der Waals surface area contributed by atoms with E-state index in [-0.39, 0.29) is 23.8 Å². The average Bonchev–Trinajstić information content (AvgIpc) is 3.29. The molecule has 0 radical (unpaired) electrons. The Hall–Kier alpha value is -1.90. The number of amides is 1. The van der Waals surface area contributed by atoms with Crippen LogP contribution in [0, 0.1) is 22.7 Å². The second-order valence-electron chi connectivity index (χ2n) is 8.87. The van der Waals surface area contributed by atoms with Crippen molar-refractivity contribution in [1.29, 1.82) is 5.26 Å². The van der Waals surface area contributed by atoms with Gasteiger partial charge in [-0.2, -0.15) is 5.26 Å². The summed E-state index contributed by atoms with van der Waals surface area (Å²) in [4.78, 5) is 17.5. The molecule has 5 nitrogen and oxygen atoms in total. The molecule has 1 atom stereocenters. The molecular weight excluding hydrogens is 350 g/mol. The Labute approximate surface area is 167 Å². The molecule has 0 aromatic heterocycles. The third kappa shape index (κ3) is 3.56. The van der Waals surface area contributed by atoms with E-state index in [0.717, 1.165) is 44.9 Å². The molecule has 3 aliphatic rings. The monoisotopic (exact) mass is 381 g/mol. The minimum Gasteiger partial charge on any atom is -0.396 e. The maximum absolute atomic E-state index is 13.0. The van der Waals surface area contributed by atoms with Crippen LogP contribution in [0.2, 0.25) is 0 Å². The number of hydrogen-bond donors (Lipinski definition) is 1. The van der Waals surface area contributed by atoms with Gasteiger partial charge in [0.05, 0.1) is 17.2 Å². The summed E-state index contributed by atoms with van der Waals surface area (Å²) in [6.45, 7) is 3.71. The Morgan fingerprint density at radius 3 is 2.50 bits per heavy atom. The lowest BCUT2D eigenvalue weighted by atomic mass is 9.64. The molecule has 5 heteroatoms. The van der Waals surface area contributed by atoms with Crippen molar-refractivity contribution in [2.24, 2.45) is 11.3 Å². The Morgan fingerprint density at radius 2 is 1.82 bits per heavy atom. The summed E-state index contributed by atoms with van der Waals surface area (Å²) >= 11 is 0. The summed E-state index contributed by atoms with van der Waals surface area (Å²) in [6.07, 6.45) is 8.64. The minimum atomic E-state index is -0.0751. The van der Waals surface area contributed by atoms with E-state index in [4.69, 9.17) is 0 Å². The lowest BCUT2D eigenvalue weighted by molar-refractivity contribution is -0.0417. The number of benzene rings is 1. The second kappa shape index (κ2) is 8.23. The summed E-state index contributed by atoms with van der Waals surface area (Å²) in [5, 5.41) is 19.5. The van der Waals surface area contributed by atoms with Crippen molar-refractivity contribution in [1.82, 2.24) is 9.80 Å². The van der Waals surface area contributed by atoms with Gasteiger partial charge in [0.15, 0.2) is 0 Å². The van der Waals surface area contributed by atoms with Gasteiger partial charge in [0.2, 0.25) is 0 Å². The van der Waals surface area contributed by atoms with Gasteiger partial charge in [-0.05, 0) is 62.7 Å². The number of nitrogens with zero attached hydrogens (tertiary/aromatic N) is 3. The highest BCUT2D eigenvalue weighted by Gasteiger charge is 2.46. The fraction of sp³-hybridized carbons (Fsp3) is 0.652. The molecule has 1 saturated carbocycles. The van der Waals surface area contributed by atoms with Crippen molar-refractivity contribution in [2.45, 2.75) is 51.0 Å². The van der Waals surface area contributed by atoms with Crippen LogP contribution in [0.1, 0.15) is 60.9 Å². The number of nitriles is 1. The molecule has 150 valence electrons. The number of likely N-dealkylation sites (tertiary alicyclic amines) is 2. The second-order valence-corrected chi connectivity index (χ2v) is 8.87. The first-order valence-corrected chi connectivity index (χ1v) is 10.8. The van der Waals surface area contributed by atoms with Gasteiger partial charge in [-0.15, -0.1) is 0 Å². The minimum absolute atomic E-state index is 0.0751. The van der Waals surface area contributed by atoms with Crippen LogP contribution in [0.15, 0.2) is 24.3 Å². The molecule has 2 aliphatic heterocycles. The first-order chi connectivity index (χ1) is 13.7. The first-order valence-electron chi connectivity index (χ1n) is 10.8. The normalized spacial score (nSPS) is 25.7. The summed E-state index contributed by atoms with van der Waals surface area (Å²) < 4.78 is 0. The zero-order valence-corrected chi connectivity index (χ0v) is 16.6. The molecule has 28 heavy (non-hydrogen) atoms. The van der Waals surface area contributed by atoms with E-state index < -0.39 is 0 Å². The van der Waals surface area contributed by atoms with Crippen molar-refractivity contribution in [2.75, 3.05) is 32.8 Å². The van der Waals surface area contributed by atoms with Gasteiger partial charge >= 0.3 is 0 Å². The molecule has 1 spiro atoms. The van der Waals surface area contributed by atoms with Crippen molar-refractivity contribution in [3.63, 3.8) is 0 Å². The van der Waals surface area contributed by atoms with Crippen molar-refractivity contribution >= 4 is 5.91 Å².